The van der Waals surface area contributed by atoms with E-state index in [9.17, 15) is 22.8 Å². The van der Waals surface area contributed by atoms with E-state index in [4.69, 9.17) is 9.47 Å². The van der Waals surface area contributed by atoms with Crippen molar-refractivity contribution < 1.29 is 32.2 Å². The van der Waals surface area contributed by atoms with Gasteiger partial charge in [-0.15, -0.1) is 0 Å². The number of hydrogen-bond donors (Lipinski definition) is 0. The number of fused-ring (bicyclic) bond motifs is 1. The molecule has 0 aliphatic carbocycles. The number of halogens is 3. The van der Waals surface area contributed by atoms with Gasteiger partial charge in [0, 0.05) is 18.7 Å². The largest absolute Gasteiger partial charge is 0.493 e. The standard InChI is InChI=1S/C25H29F3N2O4/c1-5-10-29(24(32)18-7-6-8-19(12-18)25(26,27)28)15-23(31)30-11-9-17-13-21(33-3)22(34-4)14-20(17)16(30)2/h6-8,12-14,16H,5,9-11,15H2,1-4H3. The summed E-state index contributed by atoms with van der Waals surface area (Å²) in [6.07, 6.45) is -3.38. The van der Waals surface area contributed by atoms with Crippen LogP contribution in [0.1, 0.15) is 53.4 Å². The van der Waals surface area contributed by atoms with Crippen LogP contribution in [0.2, 0.25) is 0 Å². The highest BCUT2D eigenvalue weighted by Gasteiger charge is 2.33. The molecule has 1 unspecified atom stereocenters. The van der Waals surface area contributed by atoms with Crippen molar-refractivity contribution in [2.45, 2.75) is 38.9 Å². The maximum absolute atomic E-state index is 13.2. The highest BCUT2D eigenvalue weighted by atomic mass is 19.4. The van der Waals surface area contributed by atoms with E-state index in [1.165, 1.54) is 17.0 Å². The zero-order chi connectivity index (χ0) is 25.0. The molecule has 0 saturated heterocycles. The van der Waals surface area contributed by atoms with E-state index in [2.05, 4.69) is 0 Å². The first-order valence-electron chi connectivity index (χ1n) is 11.1. The van der Waals surface area contributed by atoms with Crippen molar-refractivity contribution in [3.8, 4) is 11.5 Å². The Labute approximate surface area is 197 Å². The molecule has 0 aromatic heterocycles. The van der Waals surface area contributed by atoms with Gasteiger partial charge in [-0.25, -0.2) is 0 Å². The van der Waals surface area contributed by atoms with Crippen molar-refractivity contribution in [1.82, 2.24) is 9.80 Å². The second-order valence-corrected chi connectivity index (χ2v) is 8.22. The van der Waals surface area contributed by atoms with E-state index in [0.29, 0.717) is 30.9 Å². The zero-order valence-electron chi connectivity index (χ0n) is 19.7. The van der Waals surface area contributed by atoms with Gasteiger partial charge in [0.15, 0.2) is 11.5 Å². The van der Waals surface area contributed by atoms with Gasteiger partial charge in [-0.05, 0) is 61.2 Å². The minimum atomic E-state index is -4.55. The van der Waals surface area contributed by atoms with Gasteiger partial charge < -0.3 is 19.3 Å². The number of alkyl halides is 3. The lowest BCUT2D eigenvalue weighted by molar-refractivity contribution is -0.137. The summed E-state index contributed by atoms with van der Waals surface area (Å²) < 4.78 is 50.1. The molecule has 184 valence electrons. The van der Waals surface area contributed by atoms with Gasteiger partial charge in [-0.2, -0.15) is 13.2 Å². The lowest BCUT2D eigenvalue weighted by atomic mass is 9.92. The maximum Gasteiger partial charge on any atom is 0.416 e. The number of ether oxygens (including phenoxy) is 2. The SMILES string of the molecule is CCCN(CC(=O)N1CCc2cc(OC)c(OC)cc2C1C)C(=O)c1cccc(C(F)(F)F)c1. The molecule has 2 aromatic carbocycles. The maximum atomic E-state index is 13.2. The van der Waals surface area contributed by atoms with Crippen LogP contribution < -0.4 is 9.47 Å². The smallest absolute Gasteiger partial charge is 0.416 e. The minimum absolute atomic E-state index is 0.0926. The molecule has 1 atom stereocenters. The van der Waals surface area contributed by atoms with Crippen LogP contribution in [0.5, 0.6) is 11.5 Å². The molecule has 2 amide bonds. The van der Waals surface area contributed by atoms with Gasteiger partial charge in [0.05, 0.1) is 25.8 Å². The molecule has 3 rings (SSSR count). The topological polar surface area (TPSA) is 59.1 Å². The van der Waals surface area contributed by atoms with E-state index in [-0.39, 0.29) is 30.6 Å². The summed E-state index contributed by atoms with van der Waals surface area (Å²) in [4.78, 5) is 29.3. The number of nitrogens with zero attached hydrogens (tertiary/aromatic N) is 2. The molecule has 2 aromatic rings. The Morgan fingerprint density at radius 1 is 1.12 bits per heavy atom. The van der Waals surface area contributed by atoms with Gasteiger partial charge in [-0.3, -0.25) is 9.59 Å². The van der Waals surface area contributed by atoms with Crippen molar-refractivity contribution in [3.63, 3.8) is 0 Å². The quantitative estimate of drug-likeness (QED) is 0.578. The molecule has 0 fully saturated rings. The van der Waals surface area contributed by atoms with Crippen molar-refractivity contribution in [2.75, 3.05) is 33.9 Å². The Bertz CT molecular complexity index is 1050. The summed E-state index contributed by atoms with van der Waals surface area (Å²) in [5.74, 6) is 0.322. The summed E-state index contributed by atoms with van der Waals surface area (Å²) in [5.41, 5.74) is 1.000. The molecule has 34 heavy (non-hydrogen) atoms. The summed E-state index contributed by atoms with van der Waals surface area (Å²) in [7, 11) is 3.11. The fourth-order valence-corrected chi connectivity index (χ4v) is 4.27. The van der Waals surface area contributed by atoms with E-state index < -0.39 is 17.6 Å². The van der Waals surface area contributed by atoms with Crippen LogP contribution in [0.25, 0.3) is 0 Å². The molecule has 6 nitrogen and oxygen atoms in total. The van der Waals surface area contributed by atoms with E-state index in [0.717, 1.165) is 23.3 Å². The van der Waals surface area contributed by atoms with Crippen LogP contribution in [0, 0.1) is 0 Å². The Hall–Kier alpha value is -3.23. The first-order chi connectivity index (χ1) is 16.1. The van der Waals surface area contributed by atoms with Crippen LogP contribution in [0.4, 0.5) is 13.2 Å². The highest BCUT2D eigenvalue weighted by molar-refractivity contribution is 5.96. The van der Waals surface area contributed by atoms with Crippen LogP contribution in [0.3, 0.4) is 0 Å². The number of benzene rings is 2. The van der Waals surface area contributed by atoms with Crippen molar-refractivity contribution in [2.24, 2.45) is 0 Å². The van der Waals surface area contributed by atoms with Crippen LogP contribution >= 0.6 is 0 Å². The molecule has 0 spiro atoms. The molecular formula is C25H29F3N2O4. The molecule has 1 aliphatic heterocycles. The average molecular weight is 479 g/mol. The molecule has 1 aliphatic rings. The number of carbonyl (C=O) groups is 2. The number of carbonyl (C=O) groups excluding carboxylic acids is 2. The van der Waals surface area contributed by atoms with Crippen molar-refractivity contribution in [1.29, 1.82) is 0 Å². The lowest BCUT2D eigenvalue weighted by Gasteiger charge is -2.37. The minimum Gasteiger partial charge on any atom is -0.493 e. The van der Waals surface area contributed by atoms with E-state index >= 15 is 0 Å². The van der Waals surface area contributed by atoms with Gasteiger partial charge in [-0.1, -0.05) is 13.0 Å². The third-order valence-corrected chi connectivity index (χ3v) is 6.05. The normalized spacial score (nSPS) is 15.5. The fourth-order valence-electron chi connectivity index (χ4n) is 4.27. The van der Waals surface area contributed by atoms with Gasteiger partial charge in [0.25, 0.3) is 5.91 Å². The van der Waals surface area contributed by atoms with E-state index in [1.807, 2.05) is 26.0 Å². The van der Waals surface area contributed by atoms with Crippen molar-refractivity contribution in [3.05, 3.63) is 58.7 Å². The van der Waals surface area contributed by atoms with Crippen molar-refractivity contribution >= 4 is 11.8 Å². The first-order valence-corrected chi connectivity index (χ1v) is 11.1. The Morgan fingerprint density at radius 2 is 1.79 bits per heavy atom. The second-order valence-electron chi connectivity index (χ2n) is 8.22. The number of hydrogen-bond acceptors (Lipinski definition) is 4. The predicted octanol–water partition coefficient (Wildman–Crippen LogP) is 4.72. The molecule has 0 bridgehead atoms. The van der Waals surface area contributed by atoms with Gasteiger partial charge in [0.2, 0.25) is 5.91 Å². The fraction of sp³-hybridized carbons (Fsp3) is 0.440. The monoisotopic (exact) mass is 478 g/mol. The summed E-state index contributed by atoms with van der Waals surface area (Å²) in [6.45, 7) is 4.25. The summed E-state index contributed by atoms with van der Waals surface area (Å²) in [6, 6.07) is 7.79. The third kappa shape index (κ3) is 5.29. The first kappa shape index (κ1) is 25.4. The van der Waals surface area contributed by atoms with Gasteiger partial charge >= 0.3 is 6.18 Å². The molecule has 0 N–H and O–H groups in total. The second kappa shape index (κ2) is 10.4. The van der Waals surface area contributed by atoms with Crippen LogP contribution in [-0.4, -0.2) is 55.5 Å². The van der Waals surface area contributed by atoms with Crippen LogP contribution in [-0.2, 0) is 17.4 Å². The summed E-state index contributed by atoms with van der Waals surface area (Å²) in [5, 5.41) is 0. The zero-order valence-corrected chi connectivity index (χ0v) is 19.7. The Kier molecular flexibility index (Phi) is 7.74. The number of methoxy groups -OCH3 is 2. The molecule has 1 heterocycles. The van der Waals surface area contributed by atoms with E-state index in [1.54, 1.807) is 19.1 Å². The Morgan fingerprint density at radius 3 is 2.41 bits per heavy atom. The predicted molar refractivity (Wildman–Crippen MR) is 121 cm³/mol. The highest BCUT2D eigenvalue weighted by Crippen LogP contribution is 2.38. The molecule has 9 heteroatoms. The Balaban J connectivity index is 1.81. The number of amides is 2. The molecular weight excluding hydrogens is 449 g/mol. The summed E-state index contributed by atoms with van der Waals surface area (Å²) >= 11 is 0. The average Bonchev–Trinajstić information content (AvgIpc) is 2.82. The lowest BCUT2D eigenvalue weighted by Crippen LogP contribution is -2.46. The number of rotatable bonds is 7. The molecule has 0 radical (unpaired) electrons. The van der Waals surface area contributed by atoms with Gasteiger partial charge in [0.1, 0.15) is 6.54 Å². The van der Waals surface area contributed by atoms with Crippen LogP contribution in [0.15, 0.2) is 36.4 Å². The third-order valence-electron chi connectivity index (χ3n) is 6.05. The molecule has 0 saturated carbocycles.